The maximum atomic E-state index is 5.55. The fraction of sp³-hybridized carbons (Fsp3) is 1.00. The highest BCUT2D eigenvalue weighted by Gasteiger charge is 2.21. The molecule has 1 saturated heterocycles. The van der Waals surface area contributed by atoms with Gasteiger partial charge in [-0.2, -0.15) is 0 Å². The molecule has 0 aromatic rings. The second-order valence-corrected chi connectivity index (χ2v) is 4.94. The zero-order valence-electron chi connectivity index (χ0n) is 11.0. The first-order chi connectivity index (χ1) is 7.86. The van der Waals surface area contributed by atoms with E-state index in [4.69, 9.17) is 9.47 Å². The summed E-state index contributed by atoms with van der Waals surface area (Å²) >= 11 is 0. The van der Waals surface area contributed by atoms with Gasteiger partial charge in [-0.15, -0.1) is 0 Å². The molecule has 0 aromatic heterocycles. The van der Waals surface area contributed by atoms with Crippen LogP contribution in [0.15, 0.2) is 0 Å². The van der Waals surface area contributed by atoms with Crippen molar-refractivity contribution >= 4 is 0 Å². The molecule has 0 aromatic carbocycles. The fourth-order valence-electron chi connectivity index (χ4n) is 2.09. The van der Waals surface area contributed by atoms with Crippen LogP contribution in [0.5, 0.6) is 0 Å². The van der Waals surface area contributed by atoms with E-state index in [9.17, 15) is 0 Å². The minimum absolute atomic E-state index is 0.423. The SMILES string of the molecule is CCCCCC(CC)CCCOCC1CO1. The van der Waals surface area contributed by atoms with E-state index in [1.807, 2.05) is 0 Å². The molecular weight excluding hydrogens is 200 g/mol. The molecule has 0 bridgehead atoms. The molecule has 0 aliphatic carbocycles. The van der Waals surface area contributed by atoms with Gasteiger partial charge in [0, 0.05) is 6.61 Å². The van der Waals surface area contributed by atoms with Gasteiger partial charge in [-0.25, -0.2) is 0 Å². The molecule has 2 atom stereocenters. The van der Waals surface area contributed by atoms with Crippen LogP contribution in [0.3, 0.4) is 0 Å². The molecule has 1 heterocycles. The second kappa shape index (κ2) is 9.00. The molecule has 0 spiro atoms. The van der Waals surface area contributed by atoms with E-state index in [0.717, 1.165) is 25.7 Å². The van der Waals surface area contributed by atoms with Crippen LogP contribution < -0.4 is 0 Å². The third-order valence-corrected chi connectivity index (χ3v) is 3.40. The summed E-state index contributed by atoms with van der Waals surface area (Å²) < 4.78 is 10.7. The molecule has 2 unspecified atom stereocenters. The van der Waals surface area contributed by atoms with Gasteiger partial charge >= 0.3 is 0 Å². The van der Waals surface area contributed by atoms with E-state index in [1.54, 1.807) is 0 Å². The molecule has 0 radical (unpaired) electrons. The van der Waals surface area contributed by atoms with Crippen molar-refractivity contribution in [3.05, 3.63) is 0 Å². The van der Waals surface area contributed by atoms with Crippen LogP contribution in [0.4, 0.5) is 0 Å². The van der Waals surface area contributed by atoms with E-state index < -0.39 is 0 Å². The Balaban J connectivity index is 1.86. The van der Waals surface area contributed by atoms with Gasteiger partial charge < -0.3 is 9.47 Å². The largest absolute Gasteiger partial charge is 0.379 e. The molecule has 0 saturated carbocycles. The van der Waals surface area contributed by atoms with E-state index in [0.29, 0.717) is 6.10 Å². The van der Waals surface area contributed by atoms with Crippen molar-refractivity contribution < 1.29 is 9.47 Å². The molecule has 16 heavy (non-hydrogen) atoms. The Kier molecular flexibility index (Phi) is 7.87. The van der Waals surface area contributed by atoms with Gasteiger partial charge in [0.05, 0.1) is 13.2 Å². The van der Waals surface area contributed by atoms with Crippen LogP contribution in [0.1, 0.15) is 58.8 Å². The predicted octanol–water partition coefficient (Wildman–Crippen LogP) is 3.79. The summed E-state index contributed by atoms with van der Waals surface area (Å²) in [6, 6.07) is 0. The average Bonchev–Trinajstić information content (AvgIpc) is 3.10. The Morgan fingerprint density at radius 3 is 2.56 bits per heavy atom. The van der Waals surface area contributed by atoms with Crippen molar-refractivity contribution in [2.45, 2.75) is 64.9 Å². The van der Waals surface area contributed by atoms with Crippen molar-refractivity contribution in [3.8, 4) is 0 Å². The van der Waals surface area contributed by atoms with E-state index in [2.05, 4.69) is 13.8 Å². The molecule has 0 N–H and O–H groups in total. The van der Waals surface area contributed by atoms with Crippen molar-refractivity contribution in [2.75, 3.05) is 19.8 Å². The number of hydrogen-bond acceptors (Lipinski definition) is 2. The summed E-state index contributed by atoms with van der Waals surface area (Å²) in [5.41, 5.74) is 0. The molecule has 96 valence electrons. The lowest BCUT2D eigenvalue weighted by Crippen LogP contribution is -2.05. The zero-order valence-corrected chi connectivity index (χ0v) is 11.0. The Labute approximate surface area is 101 Å². The summed E-state index contributed by atoms with van der Waals surface area (Å²) in [6.45, 7) is 7.23. The van der Waals surface area contributed by atoms with Crippen molar-refractivity contribution in [1.82, 2.24) is 0 Å². The Bertz CT molecular complexity index is 155. The Hall–Kier alpha value is -0.0800. The van der Waals surface area contributed by atoms with Crippen LogP contribution in [0.2, 0.25) is 0 Å². The van der Waals surface area contributed by atoms with Crippen LogP contribution in [-0.2, 0) is 9.47 Å². The summed E-state index contributed by atoms with van der Waals surface area (Å²) in [4.78, 5) is 0. The third-order valence-electron chi connectivity index (χ3n) is 3.40. The van der Waals surface area contributed by atoms with E-state index in [1.165, 1.54) is 44.9 Å². The fourth-order valence-corrected chi connectivity index (χ4v) is 2.09. The molecule has 0 amide bonds. The topological polar surface area (TPSA) is 21.8 Å². The molecule has 2 nitrogen and oxygen atoms in total. The van der Waals surface area contributed by atoms with Gasteiger partial charge in [0.25, 0.3) is 0 Å². The van der Waals surface area contributed by atoms with Gasteiger partial charge in [-0.3, -0.25) is 0 Å². The molecule has 1 fully saturated rings. The Morgan fingerprint density at radius 2 is 1.94 bits per heavy atom. The quantitative estimate of drug-likeness (QED) is 0.396. The minimum Gasteiger partial charge on any atom is -0.379 e. The van der Waals surface area contributed by atoms with Crippen molar-refractivity contribution in [2.24, 2.45) is 5.92 Å². The summed E-state index contributed by atoms with van der Waals surface area (Å²) in [5.74, 6) is 0.923. The van der Waals surface area contributed by atoms with Gasteiger partial charge in [-0.1, -0.05) is 46.0 Å². The summed E-state index contributed by atoms with van der Waals surface area (Å²) in [6.07, 6.45) is 9.86. The normalized spacial score (nSPS) is 21.0. The minimum atomic E-state index is 0.423. The number of ether oxygens (including phenoxy) is 2. The zero-order chi connectivity index (χ0) is 11.6. The number of rotatable bonds is 11. The highest BCUT2D eigenvalue weighted by atomic mass is 16.6. The smallest absolute Gasteiger partial charge is 0.104 e. The van der Waals surface area contributed by atoms with E-state index in [-0.39, 0.29) is 0 Å². The molecule has 2 heteroatoms. The number of hydrogen-bond donors (Lipinski definition) is 0. The van der Waals surface area contributed by atoms with Gasteiger partial charge in [-0.05, 0) is 18.8 Å². The molecule has 1 aliphatic rings. The monoisotopic (exact) mass is 228 g/mol. The van der Waals surface area contributed by atoms with Crippen LogP contribution >= 0.6 is 0 Å². The average molecular weight is 228 g/mol. The maximum absolute atomic E-state index is 5.55. The second-order valence-electron chi connectivity index (χ2n) is 4.94. The molecular formula is C14H28O2. The first-order valence-electron chi connectivity index (χ1n) is 7.06. The lowest BCUT2D eigenvalue weighted by atomic mass is 9.94. The van der Waals surface area contributed by atoms with Gasteiger partial charge in [0.1, 0.15) is 6.10 Å². The summed E-state index contributed by atoms with van der Waals surface area (Å²) in [5, 5.41) is 0. The molecule has 1 aliphatic heterocycles. The third kappa shape index (κ3) is 7.24. The van der Waals surface area contributed by atoms with Gasteiger partial charge in [0.2, 0.25) is 0 Å². The van der Waals surface area contributed by atoms with Crippen LogP contribution in [0, 0.1) is 5.92 Å². The lowest BCUT2D eigenvalue weighted by molar-refractivity contribution is 0.109. The molecule has 1 rings (SSSR count). The van der Waals surface area contributed by atoms with Crippen LogP contribution in [0.25, 0.3) is 0 Å². The van der Waals surface area contributed by atoms with E-state index >= 15 is 0 Å². The summed E-state index contributed by atoms with van der Waals surface area (Å²) in [7, 11) is 0. The number of unbranched alkanes of at least 4 members (excludes halogenated alkanes) is 2. The standard InChI is InChI=1S/C14H28O2/c1-3-5-6-8-13(4-2)9-7-10-15-11-14-12-16-14/h13-14H,3-12H2,1-2H3. The predicted molar refractivity (Wildman–Crippen MR) is 67.7 cm³/mol. The lowest BCUT2D eigenvalue weighted by Gasteiger charge is -2.14. The Morgan fingerprint density at radius 1 is 1.19 bits per heavy atom. The van der Waals surface area contributed by atoms with Gasteiger partial charge in [0.15, 0.2) is 0 Å². The maximum Gasteiger partial charge on any atom is 0.104 e. The highest BCUT2D eigenvalue weighted by molar-refractivity contribution is 4.67. The van der Waals surface area contributed by atoms with Crippen molar-refractivity contribution in [1.29, 1.82) is 0 Å². The van der Waals surface area contributed by atoms with Crippen LogP contribution in [-0.4, -0.2) is 25.9 Å². The first-order valence-corrected chi connectivity index (χ1v) is 7.06. The van der Waals surface area contributed by atoms with Crippen molar-refractivity contribution in [3.63, 3.8) is 0 Å². The first kappa shape index (κ1) is 14.0. The number of epoxide rings is 1. The highest BCUT2D eigenvalue weighted by Crippen LogP contribution is 2.19.